The van der Waals surface area contributed by atoms with Gasteiger partial charge in [-0.25, -0.2) is 4.79 Å². The van der Waals surface area contributed by atoms with E-state index >= 15 is 0 Å². The van der Waals surface area contributed by atoms with E-state index in [9.17, 15) is 4.79 Å². The molecule has 0 aromatic heterocycles. The van der Waals surface area contributed by atoms with Gasteiger partial charge in [0.15, 0.2) is 0 Å². The highest BCUT2D eigenvalue weighted by Gasteiger charge is 2.03. The third-order valence-corrected chi connectivity index (χ3v) is 3.85. The van der Waals surface area contributed by atoms with Crippen LogP contribution in [0.1, 0.15) is 5.56 Å². The van der Waals surface area contributed by atoms with E-state index in [2.05, 4.69) is 10.6 Å². The van der Waals surface area contributed by atoms with Crippen molar-refractivity contribution in [3.8, 4) is 5.75 Å². The maximum atomic E-state index is 11.8. The normalized spacial score (nSPS) is 10.2. The Balaban J connectivity index is 1.72. The van der Waals surface area contributed by atoms with Crippen LogP contribution in [0.5, 0.6) is 5.75 Å². The summed E-state index contributed by atoms with van der Waals surface area (Å²) in [5.74, 6) is 0.735. The number of benzene rings is 2. The molecule has 2 rings (SSSR count). The number of carbonyl (C=O) groups excluding carboxylic acids is 1. The molecule has 5 nitrogen and oxygen atoms in total. The predicted molar refractivity (Wildman–Crippen MR) is 99.5 cm³/mol. The Bertz CT molecular complexity index is 687. The van der Waals surface area contributed by atoms with Gasteiger partial charge in [-0.2, -0.15) is 0 Å². The number of nitrogens with one attached hydrogen (secondary N) is 2. The molecular weight excluding hydrogens is 326 g/mol. The van der Waals surface area contributed by atoms with Gasteiger partial charge in [0.2, 0.25) is 0 Å². The van der Waals surface area contributed by atoms with Gasteiger partial charge in [-0.05, 0) is 55.0 Å². The number of amides is 2. The second-order valence-electron chi connectivity index (χ2n) is 5.58. The van der Waals surface area contributed by atoms with Gasteiger partial charge in [0.1, 0.15) is 12.4 Å². The molecule has 0 fully saturated rings. The summed E-state index contributed by atoms with van der Waals surface area (Å²) >= 11 is 5.96. The number of halogens is 1. The minimum atomic E-state index is -0.261. The zero-order valence-electron chi connectivity index (χ0n) is 14.1. The zero-order valence-corrected chi connectivity index (χ0v) is 14.9. The molecule has 2 amide bonds. The number of carbonyl (C=O) groups is 1. The van der Waals surface area contributed by atoms with Crippen molar-refractivity contribution in [3.05, 3.63) is 53.1 Å². The van der Waals surface area contributed by atoms with Crippen LogP contribution in [0, 0.1) is 6.92 Å². The van der Waals surface area contributed by atoms with Crippen molar-refractivity contribution in [2.45, 2.75) is 6.92 Å². The quantitative estimate of drug-likeness (QED) is 0.779. The number of urea groups is 1. The van der Waals surface area contributed by atoms with E-state index in [1.807, 2.05) is 62.3 Å². The summed E-state index contributed by atoms with van der Waals surface area (Å²) < 4.78 is 5.58. The molecule has 2 aromatic carbocycles. The summed E-state index contributed by atoms with van der Waals surface area (Å²) in [5, 5.41) is 6.24. The van der Waals surface area contributed by atoms with Gasteiger partial charge in [0.05, 0.1) is 6.54 Å². The van der Waals surface area contributed by atoms with Crippen molar-refractivity contribution in [2.24, 2.45) is 0 Å². The summed E-state index contributed by atoms with van der Waals surface area (Å²) in [6, 6.07) is 12.8. The third kappa shape index (κ3) is 5.35. The van der Waals surface area contributed by atoms with Crippen LogP contribution in [0.15, 0.2) is 42.5 Å². The maximum Gasteiger partial charge on any atom is 0.319 e. The Morgan fingerprint density at radius 1 is 1.17 bits per heavy atom. The van der Waals surface area contributed by atoms with Crippen molar-refractivity contribution in [2.75, 3.05) is 37.5 Å². The average Bonchev–Trinajstić information content (AvgIpc) is 2.55. The first kappa shape index (κ1) is 17.9. The standard InChI is InChI=1S/C18H22ClN3O2/c1-13-12-16(8-9-17(13)19)24-11-10-20-18(23)21-14-4-6-15(7-5-14)22(2)3/h4-9,12H,10-11H2,1-3H3,(H2,20,21,23). The van der Waals surface area contributed by atoms with Crippen molar-refractivity contribution in [3.63, 3.8) is 0 Å². The molecule has 2 N–H and O–H groups in total. The SMILES string of the molecule is Cc1cc(OCCNC(=O)Nc2ccc(N(C)C)cc2)ccc1Cl. The molecule has 6 heteroatoms. The van der Waals surface area contributed by atoms with E-state index in [4.69, 9.17) is 16.3 Å². The number of rotatable bonds is 6. The molecular formula is C18H22ClN3O2. The Labute approximate surface area is 147 Å². The first-order valence-electron chi connectivity index (χ1n) is 7.67. The van der Waals surface area contributed by atoms with Gasteiger partial charge in [-0.3, -0.25) is 0 Å². The summed E-state index contributed by atoms with van der Waals surface area (Å²) in [5.41, 5.74) is 2.78. The summed E-state index contributed by atoms with van der Waals surface area (Å²) in [6.07, 6.45) is 0. The van der Waals surface area contributed by atoms with E-state index in [1.54, 1.807) is 6.07 Å². The lowest BCUT2D eigenvalue weighted by Crippen LogP contribution is -2.32. The highest BCUT2D eigenvalue weighted by molar-refractivity contribution is 6.31. The number of ether oxygens (including phenoxy) is 1. The van der Waals surface area contributed by atoms with Gasteiger partial charge >= 0.3 is 6.03 Å². The van der Waals surface area contributed by atoms with Gasteiger partial charge in [0, 0.05) is 30.5 Å². The number of hydrogen-bond acceptors (Lipinski definition) is 3. The van der Waals surface area contributed by atoms with Gasteiger partial charge in [0.25, 0.3) is 0 Å². The summed E-state index contributed by atoms with van der Waals surface area (Å²) in [6.45, 7) is 2.71. The van der Waals surface area contributed by atoms with E-state index < -0.39 is 0 Å². The predicted octanol–water partition coefficient (Wildman–Crippen LogP) is 3.91. The van der Waals surface area contributed by atoms with Crippen LogP contribution in [-0.4, -0.2) is 33.3 Å². The number of aryl methyl sites for hydroxylation is 1. The van der Waals surface area contributed by atoms with Crippen LogP contribution in [0.2, 0.25) is 5.02 Å². The lowest BCUT2D eigenvalue weighted by molar-refractivity contribution is 0.247. The molecule has 0 aliphatic carbocycles. The van der Waals surface area contributed by atoms with E-state index in [1.165, 1.54) is 0 Å². The first-order valence-corrected chi connectivity index (χ1v) is 8.04. The highest BCUT2D eigenvalue weighted by Crippen LogP contribution is 2.20. The molecule has 0 spiro atoms. The Morgan fingerprint density at radius 3 is 2.50 bits per heavy atom. The van der Waals surface area contributed by atoms with Gasteiger partial charge < -0.3 is 20.3 Å². The molecule has 24 heavy (non-hydrogen) atoms. The minimum absolute atomic E-state index is 0.261. The summed E-state index contributed by atoms with van der Waals surface area (Å²) in [4.78, 5) is 13.8. The largest absolute Gasteiger partial charge is 0.492 e. The Hall–Kier alpha value is -2.40. The topological polar surface area (TPSA) is 53.6 Å². The van der Waals surface area contributed by atoms with Gasteiger partial charge in [-0.1, -0.05) is 11.6 Å². The maximum absolute atomic E-state index is 11.8. The molecule has 0 bridgehead atoms. The first-order chi connectivity index (χ1) is 11.5. The Morgan fingerprint density at radius 2 is 1.88 bits per heavy atom. The second kappa shape index (κ2) is 8.45. The lowest BCUT2D eigenvalue weighted by Gasteiger charge is -2.13. The van der Waals surface area contributed by atoms with Crippen molar-refractivity contribution in [1.82, 2.24) is 5.32 Å². The van der Waals surface area contributed by atoms with E-state index in [-0.39, 0.29) is 6.03 Å². The number of hydrogen-bond donors (Lipinski definition) is 2. The molecule has 128 valence electrons. The van der Waals surface area contributed by atoms with Crippen LogP contribution in [0.3, 0.4) is 0 Å². The molecule has 0 atom stereocenters. The molecule has 0 saturated carbocycles. The number of nitrogens with zero attached hydrogens (tertiary/aromatic N) is 1. The fourth-order valence-corrected chi connectivity index (χ4v) is 2.18. The number of anilines is 2. The van der Waals surface area contributed by atoms with Crippen molar-refractivity contribution < 1.29 is 9.53 Å². The Kier molecular flexibility index (Phi) is 6.32. The monoisotopic (exact) mass is 347 g/mol. The molecule has 0 aliphatic heterocycles. The van der Waals surface area contributed by atoms with Crippen molar-refractivity contribution >= 4 is 29.0 Å². The molecule has 0 unspecified atom stereocenters. The van der Waals surface area contributed by atoms with E-state index in [0.717, 1.165) is 22.7 Å². The highest BCUT2D eigenvalue weighted by atomic mass is 35.5. The molecule has 0 aliphatic rings. The van der Waals surface area contributed by atoms with Crippen molar-refractivity contribution in [1.29, 1.82) is 0 Å². The average molecular weight is 348 g/mol. The van der Waals surface area contributed by atoms with Crippen LogP contribution in [0.25, 0.3) is 0 Å². The molecule has 0 radical (unpaired) electrons. The van der Waals surface area contributed by atoms with Crippen LogP contribution in [0.4, 0.5) is 16.2 Å². The fourth-order valence-electron chi connectivity index (χ4n) is 2.06. The third-order valence-electron chi connectivity index (χ3n) is 3.43. The smallest absolute Gasteiger partial charge is 0.319 e. The van der Waals surface area contributed by atoms with E-state index in [0.29, 0.717) is 18.2 Å². The van der Waals surface area contributed by atoms with Gasteiger partial charge in [-0.15, -0.1) is 0 Å². The zero-order chi connectivity index (χ0) is 17.5. The second-order valence-corrected chi connectivity index (χ2v) is 5.99. The lowest BCUT2D eigenvalue weighted by atomic mass is 10.2. The molecule has 0 saturated heterocycles. The molecule has 2 aromatic rings. The van der Waals surface area contributed by atoms with Crippen LogP contribution < -0.4 is 20.3 Å². The van der Waals surface area contributed by atoms with Crippen LogP contribution in [-0.2, 0) is 0 Å². The molecule has 0 heterocycles. The summed E-state index contributed by atoms with van der Waals surface area (Å²) in [7, 11) is 3.94. The minimum Gasteiger partial charge on any atom is -0.492 e. The fraction of sp³-hybridized carbons (Fsp3) is 0.278. The van der Waals surface area contributed by atoms with Crippen LogP contribution >= 0.6 is 11.6 Å².